The summed E-state index contributed by atoms with van der Waals surface area (Å²) in [7, 11) is 0. The van der Waals surface area contributed by atoms with Crippen LogP contribution in [0.2, 0.25) is 0 Å². The van der Waals surface area contributed by atoms with Crippen LogP contribution in [-0.4, -0.2) is 13.1 Å². The Bertz CT molecular complexity index is 403. The Morgan fingerprint density at radius 1 is 1.50 bits per heavy atom. The van der Waals surface area contributed by atoms with Crippen molar-refractivity contribution in [3.8, 4) is 0 Å². The van der Waals surface area contributed by atoms with Crippen molar-refractivity contribution < 1.29 is 0 Å². The minimum atomic E-state index is 0.0973. The molecule has 1 unspecified atom stereocenters. The molecule has 1 aliphatic heterocycles. The van der Waals surface area contributed by atoms with Crippen LogP contribution in [0.25, 0.3) is 0 Å². The molecule has 0 saturated carbocycles. The summed E-state index contributed by atoms with van der Waals surface area (Å²) in [5.74, 6) is 0.846. The molecule has 1 aromatic rings. The van der Waals surface area contributed by atoms with Crippen molar-refractivity contribution in [2.45, 2.75) is 39.2 Å². The summed E-state index contributed by atoms with van der Waals surface area (Å²) in [5, 5.41) is 0. The molecule has 0 spiro atoms. The minimum absolute atomic E-state index is 0.0973. The van der Waals surface area contributed by atoms with Gasteiger partial charge in [0.1, 0.15) is 0 Å². The molecule has 0 aliphatic carbocycles. The maximum atomic E-state index is 5.92. The van der Waals surface area contributed by atoms with E-state index in [1.54, 1.807) is 0 Å². The number of anilines is 1. The fraction of sp³-hybridized carbons (Fsp3) is 0.600. The monoisotopic (exact) mass is 310 g/mol. The van der Waals surface area contributed by atoms with Crippen molar-refractivity contribution in [2.24, 2.45) is 11.7 Å². The fourth-order valence-electron chi connectivity index (χ4n) is 2.68. The van der Waals surface area contributed by atoms with Crippen LogP contribution in [0.4, 0.5) is 5.69 Å². The molecule has 0 bridgehead atoms. The molecule has 1 fully saturated rings. The van der Waals surface area contributed by atoms with Crippen LogP contribution in [-0.2, 0) is 0 Å². The Morgan fingerprint density at radius 3 is 2.89 bits per heavy atom. The van der Waals surface area contributed by atoms with E-state index >= 15 is 0 Å². The van der Waals surface area contributed by atoms with Gasteiger partial charge in [-0.3, -0.25) is 0 Å². The average molecular weight is 311 g/mol. The van der Waals surface area contributed by atoms with Gasteiger partial charge in [-0.05, 0) is 59.3 Å². The van der Waals surface area contributed by atoms with E-state index in [9.17, 15) is 0 Å². The highest BCUT2D eigenvalue weighted by molar-refractivity contribution is 9.10. The lowest BCUT2D eigenvalue weighted by molar-refractivity contribution is 0.404. The van der Waals surface area contributed by atoms with Crippen molar-refractivity contribution in [2.75, 3.05) is 18.0 Å². The predicted octanol–water partition coefficient (Wildman–Crippen LogP) is 4.10. The van der Waals surface area contributed by atoms with Crippen LogP contribution in [0.1, 0.15) is 44.7 Å². The Balaban J connectivity index is 2.17. The lowest BCUT2D eigenvalue weighted by Crippen LogP contribution is -2.35. The number of hydrogen-bond donors (Lipinski definition) is 1. The number of halogens is 1. The Morgan fingerprint density at radius 2 is 2.28 bits per heavy atom. The average Bonchev–Trinajstić information content (AvgIpc) is 2.38. The normalized spacial score (nSPS) is 22.0. The molecule has 0 aromatic heterocycles. The molecular weight excluding hydrogens is 288 g/mol. The van der Waals surface area contributed by atoms with E-state index in [1.807, 2.05) is 6.92 Å². The second-order valence-corrected chi connectivity index (χ2v) is 6.22. The smallest absolute Gasteiger partial charge is 0.0510 e. The van der Waals surface area contributed by atoms with Crippen molar-refractivity contribution in [1.29, 1.82) is 0 Å². The molecule has 18 heavy (non-hydrogen) atoms. The predicted molar refractivity (Wildman–Crippen MR) is 82.0 cm³/mol. The molecule has 1 saturated heterocycles. The van der Waals surface area contributed by atoms with Gasteiger partial charge in [0.15, 0.2) is 0 Å². The summed E-state index contributed by atoms with van der Waals surface area (Å²) < 4.78 is 1.18. The molecule has 1 heterocycles. The second kappa shape index (κ2) is 6.07. The molecule has 2 rings (SSSR count). The number of piperidine rings is 1. The third-order valence-electron chi connectivity index (χ3n) is 3.93. The van der Waals surface area contributed by atoms with E-state index in [4.69, 9.17) is 5.73 Å². The second-order valence-electron chi connectivity index (χ2n) is 5.36. The largest absolute Gasteiger partial charge is 0.370 e. The summed E-state index contributed by atoms with van der Waals surface area (Å²) in [6.07, 6.45) is 3.97. The van der Waals surface area contributed by atoms with Crippen LogP contribution in [0, 0.1) is 5.92 Å². The number of nitrogens with zero attached hydrogens (tertiary/aromatic N) is 1. The fourth-order valence-corrected chi connectivity index (χ4v) is 3.33. The summed E-state index contributed by atoms with van der Waals surface area (Å²) in [4.78, 5) is 2.51. The van der Waals surface area contributed by atoms with Crippen LogP contribution >= 0.6 is 15.9 Å². The van der Waals surface area contributed by atoms with Gasteiger partial charge in [-0.2, -0.15) is 0 Å². The van der Waals surface area contributed by atoms with Gasteiger partial charge in [0.05, 0.1) is 5.69 Å². The van der Waals surface area contributed by atoms with E-state index in [1.165, 1.54) is 48.1 Å². The summed E-state index contributed by atoms with van der Waals surface area (Å²) in [6, 6.07) is 6.62. The van der Waals surface area contributed by atoms with Gasteiger partial charge in [0.2, 0.25) is 0 Å². The molecule has 0 radical (unpaired) electrons. The van der Waals surface area contributed by atoms with Crippen molar-refractivity contribution in [3.63, 3.8) is 0 Å². The van der Waals surface area contributed by atoms with Gasteiger partial charge in [-0.25, -0.2) is 0 Å². The molecule has 1 aliphatic rings. The van der Waals surface area contributed by atoms with Crippen molar-refractivity contribution in [3.05, 3.63) is 28.2 Å². The maximum absolute atomic E-state index is 5.92. The molecule has 0 amide bonds. The highest BCUT2D eigenvalue weighted by Crippen LogP contribution is 2.32. The Kier molecular flexibility index (Phi) is 4.68. The Hall–Kier alpha value is -0.540. The van der Waals surface area contributed by atoms with Crippen molar-refractivity contribution in [1.82, 2.24) is 0 Å². The van der Waals surface area contributed by atoms with Crippen LogP contribution < -0.4 is 10.6 Å². The topological polar surface area (TPSA) is 29.3 Å². The van der Waals surface area contributed by atoms with E-state index in [2.05, 4.69) is 46.0 Å². The van der Waals surface area contributed by atoms with Gasteiger partial charge in [-0.1, -0.05) is 19.4 Å². The molecule has 100 valence electrons. The Labute approximate surface area is 119 Å². The lowest BCUT2D eigenvalue weighted by atomic mass is 9.95. The van der Waals surface area contributed by atoms with Crippen LogP contribution in [0.3, 0.4) is 0 Å². The molecule has 1 aromatic carbocycles. The van der Waals surface area contributed by atoms with Crippen molar-refractivity contribution >= 4 is 21.6 Å². The third-order valence-corrected chi connectivity index (χ3v) is 4.57. The summed E-state index contributed by atoms with van der Waals surface area (Å²) >= 11 is 3.70. The van der Waals surface area contributed by atoms with Gasteiger partial charge in [-0.15, -0.1) is 0 Å². The SMILES string of the molecule is CCC1CCCN(c2ccc([C@H](C)N)cc2Br)C1. The first-order valence-electron chi connectivity index (χ1n) is 6.91. The summed E-state index contributed by atoms with van der Waals surface area (Å²) in [6.45, 7) is 6.68. The van der Waals surface area contributed by atoms with Gasteiger partial charge >= 0.3 is 0 Å². The zero-order valence-electron chi connectivity index (χ0n) is 11.3. The van der Waals surface area contributed by atoms with Crippen LogP contribution in [0.5, 0.6) is 0 Å². The highest BCUT2D eigenvalue weighted by Gasteiger charge is 2.20. The molecule has 2 atom stereocenters. The first-order chi connectivity index (χ1) is 8.61. The zero-order chi connectivity index (χ0) is 13.1. The quantitative estimate of drug-likeness (QED) is 0.911. The van der Waals surface area contributed by atoms with E-state index in [0.29, 0.717) is 0 Å². The van der Waals surface area contributed by atoms with Gasteiger partial charge in [0, 0.05) is 23.6 Å². The highest BCUT2D eigenvalue weighted by atomic mass is 79.9. The van der Waals surface area contributed by atoms with Crippen LogP contribution in [0.15, 0.2) is 22.7 Å². The van der Waals surface area contributed by atoms with E-state index in [0.717, 1.165) is 5.92 Å². The number of benzene rings is 1. The van der Waals surface area contributed by atoms with Gasteiger partial charge < -0.3 is 10.6 Å². The maximum Gasteiger partial charge on any atom is 0.0510 e. The third kappa shape index (κ3) is 3.07. The lowest BCUT2D eigenvalue weighted by Gasteiger charge is -2.34. The number of hydrogen-bond acceptors (Lipinski definition) is 2. The number of rotatable bonds is 3. The number of nitrogens with two attached hydrogens (primary N) is 1. The standard InChI is InChI=1S/C15H23BrN2/c1-3-12-5-4-8-18(10-12)15-7-6-13(11(2)17)9-14(15)16/h6-7,9,11-12H,3-5,8,10,17H2,1-2H3/t11-,12?/m0/s1. The van der Waals surface area contributed by atoms with E-state index < -0.39 is 0 Å². The van der Waals surface area contributed by atoms with Gasteiger partial charge in [0.25, 0.3) is 0 Å². The zero-order valence-corrected chi connectivity index (χ0v) is 12.9. The molecule has 2 N–H and O–H groups in total. The first-order valence-corrected chi connectivity index (χ1v) is 7.71. The molecule has 3 heteroatoms. The van der Waals surface area contributed by atoms with E-state index in [-0.39, 0.29) is 6.04 Å². The first kappa shape index (κ1) is 13.9. The minimum Gasteiger partial charge on any atom is -0.370 e. The molecule has 2 nitrogen and oxygen atoms in total. The summed E-state index contributed by atoms with van der Waals surface area (Å²) in [5.41, 5.74) is 8.43. The molecular formula is C15H23BrN2.